The van der Waals surface area contributed by atoms with Gasteiger partial charge >= 0.3 is 0 Å². The van der Waals surface area contributed by atoms with E-state index in [1.807, 2.05) is 0 Å². The lowest BCUT2D eigenvalue weighted by atomic mass is 9.89. The van der Waals surface area contributed by atoms with E-state index >= 15 is 0 Å². The van der Waals surface area contributed by atoms with Gasteiger partial charge in [-0.1, -0.05) is 53.4 Å². The highest BCUT2D eigenvalue weighted by molar-refractivity contribution is 8.14. The molecule has 0 aromatic rings. The van der Waals surface area contributed by atoms with E-state index in [-0.39, 0.29) is 5.25 Å². The monoisotopic (exact) mass is 282 g/mol. The number of unbranched alkanes of at least 4 members (excludes halogenated alkanes) is 2. The van der Waals surface area contributed by atoms with Gasteiger partial charge in [0, 0.05) is 10.7 Å². The normalized spacial score (nSPS) is 14.9. The van der Waals surface area contributed by atoms with Gasteiger partial charge in [0.2, 0.25) is 9.05 Å². The van der Waals surface area contributed by atoms with E-state index in [0.717, 1.165) is 32.1 Å². The first kappa shape index (κ1) is 17.2. The van der Waals surface area contributed by atoms with Gasteiger partial charge in [0.15, 0.2) is 0 Å². The van der Waals surface area contributed by atoms with Gasteiger partial charge in [-0.15, -0.1) is 0 Å². The highest BCUT2D eigenvalue weighted by Gasteiger charge is 2.22. The minimum Gasteiger partial charge on any atom is -0.212 e. The number of halogens is 1. The Labute approximate surface area is 112 Å². The molecule has 0 rings (SSSR count). The maximum absolute atomic E-state index is 11.4. The fourth-order valence-electron chi connectivity index (χ4n) is 1.89. The van der Waals surface area contributed by atoms with Crippen LogP contribution in [0.25, 0.3) is 0 Å². The van der Waals surface area contributed by atoms with Crippen molar-refractivity contribution < 1.29 is 8.42 Å². The summed E-state index contributed by atoms with van der Waals surface area (Å²) < 4.78 is 22.8. The van der Waals surface area contributed by atoms with Gasteiger partial charge in [0.25, 0.3) is 0 Å². The summed E-state index contributed by atoms with van der Waals surface area (Å²) in [5.74, 6) is 0. The van der Waals surface area contributed by atoms with Gasteiger partial charge in [-0.2, -0.15) is 0 Å². The second-order valence-corrected chi connectivity index (χ2v) is 8.95. The van der Waals surface area contributed by atoms with E-state index in [0.29, 0.717) is 18.3 Å². The molecule has 0 N–H and O–H groups in total. The minimum atomic E-state index is -3.38. The Morgan fingerprint density at radius 2 is 1.59 bits per heavy atom. The fourth-order valence-corrected chi connectivity index (χ4v) is 3.32. The third-order valence-electron chi connectivity index (χ3n) is 2.98. The van der Waals surface area contributed by atoms with Crippen LogP contribution in [0.2, 0.25) is 0 Å². The van der Waals surface area contributed by atoms with Crippen LogP contribution in [0.4, 0.5) is 0 Å². The Kier molecular flexibility index (Phi) is 7.73. The number of hydrogen-bond acceptors (Lipinski definition) is 2. The SMILES string of the molecule is CCCCC(CCCCC(C)(C)C)S(=O)(=O)Cl. The van der Waals surface area contributed by atoms with Gasteiger partial charge in [0.05, 0.1) is 5.25 Å². The summed E-state index contributed by atoms with van der Waals surface area (Å²) in [5.41, 5.74) is 0.332. The Morgan fingerprint density at radius 3 is 2.00 bits per heavy atom. The van der Waals surface area contributed by atoms with E-state index in [4.69, 9.17) is 10.7 Å². The molecule has 4 heteroatoms. The van der Waals surface area contributed by atoms with Crippen LogP contribution in [0.1, 0.15) is 72.6 Å². The average molecular weight is 283 g/mol. The third kappa shape index (κ3) is 9.90. The molecule has 0 aromatic heterocycles. The summed E-state index contributed by atoms with van der Waals surface area (Å²) in [6, 6.07) is 0. The molecule has 0 radical (unpaired) electrons. The van der Waals surface area contributed by atoms with Gasteiger partial charge in [-0.25, -0.2) is 8.42 Å². The first-order chi connectivity index (χ1) is 7.67. The van der Waals surface area contributed by atoms with Crippen molar-refractivity contribution in [3.05, 3.63) is 0 Å². The third-order valence-corrected chi connectivity index (χ3v) is 5.00. The maximum atomic E-state index is 11.4. The molecule has 17 heavy (non-hydrogen) atoms. The molecule has 0 fully saturated rings. The molecule has 0 aliphatic heterocycles. The predicted molar refractivity (Wildman–Crippen MR) is 76.0 cm³/mol. The first-order valence-corrected chi connectivity index (χ1v) is 8.97. The molecule has 0 saturated heterocycles. The second-order valence-electron chi connectivity index (χ2n) is 6.05. The minimum absolute atomic E-state index is 0.332. The van der Waals surface area contributed by atoms with E-state index in [1.165, 1.54) is 0 Å². The van der Waals surface area contributed by atoms with Crippen LogP contribution >= 0.6 is 10.7 Å². The molecule has 0 aromatic carbocycles. The predicted octanol–water partition coefficient (Wildman–Crippen LogP) is 4.72. The van der Waals surface area contributed by atoms with E-state index < -0.39 is 9.05 Å². The summed E-state index contributed by atoms with van der Waals surface area (Å²) in [4.78, 5) is 0. The summed E-state index contributed by atoms with van der Waals surface area (Å²) in [5, 5.41) is -0.343. The molecule has 0 heterocycles. The molecular weight excluding hydrogens is 256 g/mol. The van der Waals surface area contributed by atoms with Crippen molar-refractivity contribution in [1.82, 2.24) is 0 Å². The number of hydrogen-bond donors (Lipinski definition) is 0. The summed E-state index contributed by atoms with van der Waals surface area (Å²) in [7, 11) is 2.10. The summed E-state index contributed by atoms with van der Waals surface area (Å²) in [6.45, 7) is 8.69. The highest BCUT2D eigenvalue weighted by Crippen LogP contribution is 2.25. The zero-order chi connectivity index (χ0) is 13.5. The van der Waals surface area contributed by atoms with Crippen LogP contribution in [0.15, 0.2) is 0 Å². The van der Waals surface area contributed by atoms with Crippen molar-refractivity contribution in [2.24, 2.45) is 5.41 Å². The Hall–Kier alpha value is 0.240. The van der Waals surface area contributed by atoms with Crippen LogP contribution in [-0.2, 0) is 9.05 Å². The van der Waals surface area contributed by atoms with Crippen molar-refractivity contribution in [3.8, 4) is 0 Å². The highest BCUT2D eigenvalue weighted by atomic mass is 35.7. The summed E-state index contributed by atoms with van der Waals surface area (Å²) in [6.07, 6.45) is 6.55. The van der Waals surface area contributed by atoms with Crippen molar-refractivity contribution in [3.63, 3.8) is 0 Å². The zero-order valence-electron chi connectivity index (χ0n) is 11.6. The lowest BCUT2D eigenvalue weighted by Crippen LogP contribution is -2.16. The largest absolute Gasteiger partial charge is 0.235 e. The first-order valence-electron chi connectivity index (χ1n) is 6.60. The van der Waals surface area contributed by atoms with E-state index in [1.54, 1.807) is 0 Å². The molecule has 0 aliphatic rings. The second kappa shape index (κ2) is 7.63. The molecule has 0 bridgehead atoms. The molecule has 2 nitrogen and oxygen atoms in total. The Balaban J connectivity index is 4.02. The van der Waals surface area contributed by atoms with Crippen molar-refractivity contribution in [2.75, 3.05) is 0 Å². The average Bonchev–Trinajstić information content (AvgIpc) is 2.13. The van der Waals surface area contributed by atoms with E-state index in [9.17, 15) is 8.42 Å². The standard InChI is InChI=1S/C13H27ClO2S/c1-5-6-9-12(17(14,15)16)10-7-8-11-13(2,3)4/h12H,5-11H2,1-4H3. The molecule has 0 saturated carbocycles. The van der Waals surface area contributed by atoms with Crippen LogP contribution in [0, 0.1) is 5.41 Å². The smallest absolute Gasteiger partial charge is 0.212 e. The molecule has 1 unspecified atom stereocenters. The topological polar surface area (TPSA) is 34.1 Å². The van der Waals surface area contributed by atoms with E-state index in [2.05, 4.69) is 27.7 Å². The van der Waals surface area contributed by atoms with Gasteiger partial charge in [-0.3, -0.25) is 0 Å². The van der Waals surface area contributed by atoms with Gasteiger partial charge < -0.3 is 0 Å². The quantitative estimate of drug-likeness (QED) is 0.477. The van der Waals surface area contributed by atoms with Crippen molar-refractivity contribution >= 4 is 19.7 Å². The van der Waals surface area contributed by atoms with Crippen molar-refractivity contribution in [2.45, 2.75) is 77.9 Å². The molecule has 104 valence electrons. The van der Waals surface area contributed by atoms with Crippen LogP contribution in [-0.4, -0.2) is 13.7 Å². The molecule has 0 spiro atoms. The Morgan fingerprint density at radius 1 is 1.06 bits per heavy atom. The summed E-state index contributed by atoms with van der Waals surface area (Å²) >= 11 is 0. The zero-order valence-corrected chi connectivity index (χ0v) is 13.2. The van der Waals surface area contributed by atoms with Gasteiger partial charge in [-0.05, 0) is 24.7 Å². The molecule has 0 aliphatic carbocycles. The molecular formula is C13H27ClO2S. The van der Waals surface area contributed by atoms with Crippen LogP contribution in [0.5, 0.6) is 0 Å². The van der Waals surface area contributed by atoms with Crippen LogP contribution in [0.3, 0.4) is 0 Å². The lowest BCUT2D eigenvalue weighted by molar-refractivity contribution is 0.356. The number of rotatable bonds is 8. The van der Waals surface area contributed by atoms with Crippen molar-refractivity contribution in [1.29, 1.82) is 0 Å². The fraction of sp³-hybridized carbons (Fsp3) is 1.00. The Bertz CT molecular complexity index is 291. The molecule has 1 atom stereocenters. The van der Waals surface area contributed by atoms with Gasteiger partial charge in [0.1, 0.15) is 0 Å². The lowest BCUT2D eigenvalue weighted by Gasteiger charge is -2.18. The van der Waals surface area contributed by atoms with Crippen LogP contribution < -0.4 is 0 Å². The maximum Gasteiger partial charge on any atom is 0.235 e. The molecule has 0 amide bonds.